The standard InChI is InChI=1S/C16H16N6O2/c1-24-14-5-3-2-4-13(14)18-16(23)12(15-19-21-22-20-15)10-11-6-8-17-9-7-11/h2-9,12H,10H2,1H3,(H,18,23)(H,19,20,21,22)/t12-/m1/s1. The van der Waals surface area contributed by atoms with Crippen LogP contribution in [-0.4, -0.2) is 38.6 Å². The molecule has 0 fully saturated rings. The van der Waals surface area contributed by atoms with E-state index in [2.05, 4.69) is 30.9 Å². The van der Waals surface area contributed by atoms with E-state index in [1.54, 1.807) is 31.6 Å². The third-order valence-electron chi connectivity index (χ3n) is 3.54. The summed E-state index contributed by atoms with van der Waals surface area (Å²) in [7, 11) is 1.55. The number of H-pyrrole nitrogens is 1. The molecule has 122 valence electrons. The highest BCUT2D eigenvalue weighted by Crippen LogP contribution is 2.26. The number of hydrogen-bond donors (Lipinski definition) is 2. The first-order valence-corrected chi connectivity index (χ1v) is 7.34. The van der Waals surface area contributed by atoms with E-state index in [0.29, 0.717) is 23.7 Å². The van der Waals surface area contributed by atoms with E-state index in [1.165, 1.54) is 0 Å². The molecule has 0 spiro atoms. The van der Waals surface area contributed by atoms with Gasteiger partial charge in [-0.3, -0.25) is 9.78 Å². The maximum absolute atomic E-state index is 12.8. The summed E-state index contributed by atoms with van der Waals surface area (Å²) in [5.74, 6) is 0.0922. The number of ether oxygens (including phenoxy) is 1. The van der Waals surface area contributed by atoms with Crippen LogP contribution in [0.3, 0.4) is 0 Å². The van der Waals surface area contributed by atoms with Crippen molar-refractivity contribution in [2.45, 2.75) is 12.3 Å². The quantitative estimate of drug-likeness (QED) is 0.713. The molecule has 1 aromatic carbocycles. The average molecular weight is 324 g/mol. The summed E-state index contributed by atoms with van der Waals surface area (Å²) < 4.78 is 5.26. The first-order chi connectivity index (χ1) is 11.8. The molecule has 3 rings (SSSR count). The number of pyridine rings is 1. The van der Waals surface area contributed by atoms with Crippen molar-refractivity contribution in [3.05, 3.63) is 60.2 Å². The maximum atomic E-state index is 12.8. The zero-order chi connectivity index (χ0) is 16.8. The lowest BCUT2D eigenvalue weighted by Gasteiger charge is -2.15. The van der Waals surface area contributed by atoms with Crippen molar-refractivity contribution >= 4 is 11.6 Å². The molecule has 0 unspecified atom stereocenters. The third-order valence-corrected chi connectivity index (χ3v) is 3.54. The first-order valence-electron chi connectivity index (χ1n) is 7.34. The second-order valence-corrected chi connectivity index (χ2v) is 5.07. The second-order valence-electron chi connectivity index (χ2n) is 5.07. The lowest BCUT2D eigenvalue weighted by Crippen LogP contribution is -2.24. The molecule has 8 heteroatoms. The summed E-state index contributed by atoms with van der Waals surface area (Å²) in [5, 5.41) is 16.7. The zero-order valence-electron chi connectivity index (χ0n) is 13.0. The number of aromatic amines is 1. The molecule has 0 bridgehead atoms. The molecule has 2 heterocycles. The molecule has 0 radical (unpaired) electrons. The number of tetrazole rings is 1. The first kappa shape index (κ1) is 15.6. The fraction of sp³-hybridized carbons (Fsp3) is 0.188. The van der Waals surface area contributed by atoms with Crippen molar-refractivity contribution in [3.63, 3.8) is 0 Å². The highest BCUT2D eigenvalue weighted by Gasteiger charge is 2.26. The Balaban J connectivity index is 1.84. The fourth-order valence-corrected chi connectivity index (χ4v) is 2.34. The minimum atomic E-state index is -0.587. The number of carbonyl (C=O) groups excluding carboxylic acids is 1. The molecule has 2 aromatic heterocycles. The van der Waals surface area contributed by atoms with Gasteiger partial charge in [0.2, 0.25) is 5.91 Å². The Morgan fingerprint density at radius 2 is 2.04 bits per heavy atom. The lowest BCUT2D eigenvalue weighted by molar-refractivity contribution is -0.117. The van der Waals surface area contributed by atoms with Crippen molar-refractivity contribution in [3.8, 4) is 5.75 Å². The van der Waals surface area contributed by atoms with Crippen LogP contribution >= 0.6 is 0 Å². The number of amides is 1. The third kappa shape index (κ3) is 3.54. The summed E-state index contributed by atoms with van der Waals surface area (Å²) in [6, 6.07) is 10.9. The van der Waals surface area contributed by atoms with Gasteiger partial charge in [-0.05, 0) is 36.2 Å². The van der Waals surface area contributed by atoms with E-state index in [-0.39, 0.29) is 5.91 Å². The molecule has 0 saturated carbocycles. The van der Waals surface area contributed by atoms with Crippen molar-refractivity contribution in [2.24, 2.45) is 0 Å². The van der Waals surface area contributed by atoms with E-state index in [9.17, 15) is 4.79 Å². The molecule has 0 aliphatic heterocycles. The molecule has 0 aliphatic carbocycles. The van der Waals surface area contributed by atoms with Gasteiger partial charge in [0.15, 0.2) is 5.82 Å². The smallest absolute Gasteiger partial charge is 0.235 e. The Bertz CT molecular complexity index is 791. The largest absolute Gasteiger partial charge is 0.495 e. The molecule has 1 amide bonds. The van der Waals surface area contributed by atoms with Crippen LogP contribution in [0.5, 0.6) is 5.75 Å². The normalized spacial score (nSPS) is 11.7. The lowest BCUT2D eigenvalue weighted by atomic mass is 9.98. The van der Waals surface area contributed by atoms with E-state index in [1.807, 2.05) is 24.3 Å². The van der Waals surface area contributed by atoms with Crippen LogP contribution in [0.15, 0.2) is 48.8 Å². The molecule has 0 saturated heterocycles. The Hall–Kier alpha value is -3.29. The summed E-state index contributed by atoms with van der Waals surface area (Å²) in [6.45, 7) is 0. The Morgan fingerprint density at radius 1 is 1.25 bits per heavy atom. The Morgan fingerprint density at radius 3 is 2.75 bits per heavy atom. The van der Waals surface area contributed by atoms with Crippen LogP contribution in [0.25, 0.3) is 0 Å². The van der Waals surface area contributed by atoms with Crippen LogP contribution in [0, 0.1) is 0 Å². The summed E-state index contributed by atoms with van der Waals surface area (Å²) >= 11 is 0. The van der Waals surface area contributed by atoms with E-state index >= 15 is 0 Å². The molecule has 1 atom stereocenters. The van der Waals surface area contributed by atoms with Crippen molar-refractivity contribution in [1.29, 1.82) is 0 Å². The Kier molecular flexibility index (Phi) is 4.76. The second kappa shape index (κ2) is 7.32. The van der Waals surface area contributed by atoms with Gasteiger partial charge < -0.3 is 10.1 Å². The molecule has 0 aliphatic rings. The molecule has 3 aromatic rings. The van der Waals surface area contributed by atoms with Crippen molar-refractivity contribution in [1.82, 2.24) is 25.6 Å². The van der Waals surface area contributed by atoms with Gasteiger partial charge >= 0.3 is 0 Å². The van der Waals surface area contributed by atoms with Gasteiger partial charge in [-0.2, -0.15) is 5.21 Å². The predicted octanol–water partition coefficient (Wildman–Crippen LogP) is 1.57. The van der Waals surface area contributed by atoms with E-state index < -0.39 is 5.92 Å². The van der Waals surface area contributed by atoms with Gasteiger partial charge in [0.05, 0.1) is 12.8 Å². The van der Waals surface area contributed by atoms with Crippen molar-refractivity contribution < 1.29 is 9.53 Å². The van der Waals surface area contributed by atoms with Crippen LogP contribution in [0.1, 0.15) is 17.3 Å². The summed E-state index contributed by atoms with van der Waals surface area (Å²) in [4.78, 5) is 16.8. The number of nitrogens with one attached hydrogen (secondary N) is 2. The molecule has 24 heavy (non-hydrogen) atoms. The Labute approximate surface area is 138 Å². The molecular formula is C16H16N6O2. The minimum absolute atomic E-state index is 0.238. The fourth-order valence-electron chi connectivity index (χ4n) is 2.34. The summed E-state index contributed by atoms with van der Waals surface area (Å²) in [6.07, 6.45) is 3.80. The van der Waals surface area contributed by atoms with E-state index in [0.717, 1.165) is 5.56 Å². The van der Waals surface area contributed by atoms with Crippen molar-refractivity contribution in [2.75, 3.05) is 12.4 Å². The number of methoxy groups -OCH3 is 1. The van der Waals surface area contributed by atoms with Gasteiger partial charge in [0, 0.05) is 12.4 Å². The van der Waals surface area contributed by atoms with Crippen LogP contribution < -0.4 is 10.1 Å². The van der Waals surface area contributed by atoms with E-state index in [4.69, 9.17) is 4.74 Å². The number of rotatable bonds is 6. The average Bonchev–Trinajstić information content (AvgIpc) is 3.15. The van der Waals surface area contributed by atoms with Gasteiger partial charge in [-0.15, -0.1) is 10.2 Å². The number of hydrogen-bond acceptors (Lipinski definition) is 6. The molecular weight excluding hydrogens is 308 g/mol. The monoisotopic (exact) mass is 324 g/mol. The maximum Gasteiger partial charge on any atom is 0.235 e. The number of benzene rings is 1. The topological polar surface area (TPSA) is 106 Å². The highest BCUT2D eigenvalue weighted by molar-refractivity contribution is 5.96. The van der Waals surface area contributed by atoms with Gasteiger partial charge in [0.1, 0.15) is 11.7 Å². The molecule has 8 nitrogen and oxygen atoms in total. The SMILES string of the molecule is COc1ccccc1NC(=O)[C@H](Cc1ccncc1)c1nn[nH]n1. The zero-order valence-corrected chi connectivity index (χ0v) is 13.0. The summed E-state index contributed by atoms with van der Waals surface area (Å²) in [5.41, 5.74) is 1.54. The highest BCUT2D eigenvalue weighted by atomic mass is 16.5. The number of para-hydroxylation sites is 2. The predicted molar refractivity (Wildman–Crippen MR) is 86.5 cm³/mol. The van der Waals surface area contributed by atoms with Gasteiger partial charge in [0.25, 0.3) is 0 Å². The number of aromatic nitrogens is 5. The minimum Gasteiger partial charge on any atom is -0.495 e. The number of carbonyl (C=O) groups is 1. The molecule has 2 N–H and O–H groups in total. The van der Waals surface area contributed by atoms with Crippen LogP contribution in [-0.2, 0) is 11.2 Å². The van der Waals surface area contributed by atoms with Gasteiger partial charge in [-0.1, -0.05) is 17.3 Å². The number of anilines is 1. The van der Waals surface area contributed by atoms with Crippen LogP contribution in [0.4, 0.5) is 5.69 Å². The number of nitrogens with zero attached hydrogens (tertiary/aromatic N) is 4. The van der Waals surface area contributed by atoms with Gasteiger partial charge in [-0.25, -0.2) is 0 Å². The van der Waals surface area contributed by atoms with Crippen LogP contribution in [0.2, 0.25) is 0 Å².